The lowest BCUT2D eigenvalue weighted by Crippen LogP contribution is -2.04. The molecule has 3 nitrogen and oxygen atoms in total. The summed E-state index contributed by atoms with van der Waals surface area (Å²) >= 11 is 1.72. The topological polar surface area (TPSA) is 43.8 Å². The number of aromatic nitrogens is 2. The van der Waals surface area contributed by atoms with Crippen molar-refractivity contribution in [2.45, 2.75) is 12.8 Å². The largest absolute Gasteiger partial charge is 0.330 e. The van der Waals surface area contributed by atoms with Crippen molar-refractivity contribution in [2.24, 2.45) is 5.73 Å². The summed E-state index contributed by atoms with van der Waals surface area (Å²) in [6, 6.07) is 12.4. The molecule has 0 unspecified atom stereocenters. The molecule has 1 aromatic carbocycles. The van der Waals surface area contributed by atoms with E-state index in [1.165, 1.54) is 10.4 Å². The van der Waals surface area contributed by atoms with E-state index in [4.69, 9.17) is 5.73 Å². The van der Waals surface area contributed by atoms with Crippen LogP contribution in [0.15, 0.2) is 42.6 Å². The van der Waals surface area contributed by atoms with Crippen molar-refractivity contribution in [3.63, 3.8) is 0 Å². The second-order valence-corrected chi connectivity index (χ2v) is 5.24. The third-order valence-corrected chi connectivity index (χ3v) is 3.99. The van der Waals surface area contributed by atoms with Gasteiger partial charge in [0.15, 0.2) is 5.13 Å². The van der Waals surface area contributed by atoms with E-state index in [-0.39, 0.29) is 0 Å². The average Bonchev–Trinajstić information content (AvgIpc) is 3.01. The summed E-state index contributed by atoms with van der Waals surface area (Å²) in [6.07, 6.45) is 4.08. The van der Waals surface area contributed by atoms with Crippen LogP contribution in [0.1, 0.15) is 12.1 Å². The Labute approximate surface area is 110 Å². The number of nitrogens with two attached hydrogens (primary N) is 1. The molecular formula is C14H15N3S. The van der Waals surface area contributed by atoms with Gasteiger partial charge >= 0.3 is 0 Å². The molecule has 18 heavy (non-hydrogen) atoms. The molecule has 2 aromatic heterocycles. The molecular weight excluding hydrogens is 242 g/mol. The molecule has 0 fully saturated rings. The van der Waals surface area contributed by atoms with Gasteiger partial charge < -0.3 is 5.73 Å². The van der Waals surface area contributed by atoms with E-state index in [0.717, 1.165) is 30.0 Å². The van der Waals surface area contributed by atoms with Gasteiger partial charge in [0.2, 0.25) is 0 Å². The number of nitrogens with zero attached hydrogens (tertiary/aromatic N) is 2. The van der Waals surface area contributed by atoms with E-state index in [0.29, 0.717) is 0 Å². The van der Waals surface area contributed by atoms with E-state index in [9.17, 15) is 0 Å². The highest BCUT2D eigenvalue weighted by atomic mass is 32.1. The quantitative estimate of drug-likeness (QED) is 0.781. The maximum absolute atomic E-state index is 5.57. The molecule has 0 saturated carbocycles. The Morgan fingerprint density at radius 2 is 2.06 bits per heavy atom. The van der Waals surface area contributed by atoms with E-state index in [2.05, 4.69) is 46.1 Å². The first kappa shape index (κ1) is 11.4. The second kappa shape index (κ2) is 4.92. The van der Waals surface area contributed by atoms with Crippen molar-refractivity contribution >= 4 is 21.6 Å². The molecule has 0 aliphatic rings. The predicted molar refractivity (Wildman–Crippen MR) is 76.3 cm³/mol. The number of aryl methyl sites for hydroxylation is 1. The number of benzene rings is 1. The first-order chi connectivity index (χ1) is 8.88. The summed E-state index contributed by atoms with van der Waals surface area (Å²) in [7, 11) is 0. The number of hydrogen-bond donors (Lipinski definition) is 1. The molecule has 2 heterocycles. The van der Waals surface area contributed by atoms with Crippen LogP contribution in [0.25, 0.3) is 15.3 Å². The Balaban J connectivity index is 2.01. The Kier molecular flexibility index (Phi) is 3.13. The van der Waals surface area contributed by atoms with Gasteiger partial charge in [0.05, 0.1) is 10.2 Å². The monoisotopic (exact) mass is 257 g/mol. The van der Waals surface area contributed by atoms with Gasteiger partial charge in [-0.2, -0.15) is 0 Å². The molecule has 4 heteroatoms. The van der Waals surface area contributed by atoms with Crippen LogP contribution in [0, 0.1) is 0 Å². The predicted octanol–water partition coefficient (Wildman–Crippen LogP) is 2.98. The molecule has 0 atom stereocenters. The van der Waals surface area contributed by atoms with Crippen LogP contribution in [-0.4, -0.2) is 16.1 Å². The van der Waals surface area contributed by atoms with Crippen molar-refractivity contribution in [3.8, 4) is 5.13 Å². The highest BCUT2D eigenvalue weighted by Crippen LogP contribution is 2.25. The maximum Gasteiger partial charge on any atom is 0.194 e. The van der Waals surface area contributed by atoms with E-state index >= 15 is 0 Å². The van der Waals surface area contributed by atoms with Crippen LogP contribution < -0.4 is 5.73 Å². The van der Waals surface area contributed by atoms with Crippen molar-refractivity contribution in [2.75, 3.05) is 6.54 Å². The summed E-state index contributed by atoms with van der Waals surface area (Å²) in [5.74, 6) is 0. The highest BCUT2D eigenvalue weighted by Gasteiger charge is 2.08. The fourth-order valence-electron chi connectivity index (χ4n) is 2.05. The lowest BCUT2D eigenvalue weighted by atomic mass is 10.2. The van der Waals surface area contributed by atoms with Crippen LogP contribution in [0.3, 0.4) is 0 Å². The van der Waals surface area contributed by atoms with Gasteiger partial charge in [0.25, 0.3) is 0 Å². The van der Waals surface area contributed by atoms with Gasteiger partial charge in [0, 0.05) is 11.9 Å². The van der Waals surface area contributed by atoms with Gasteiger partial charge in [-0.25, -0.2) is 4.98 Å². The van der Waals surface area contributed by atoms with Crippen LogP contribution in [-0.2, 0) is 6.42 Å². The zero-order chi connectivity index (χ0) is 12.4. The fraction of sp³-hybridized carbons (Fsp3) is 0.214. The molecule has 0 bridgehead atoms. The first-order valence-corrected chi connectivity index (χ1v) is 6.92. The first-order valence-electron chi connectivity index (χ1n) is 6.11. The summed E-state index contributed by atoms with van der Waals surface area (Å²) in [6.45, 7) is 0.727. The Bertz CT molecular complexity index is 621. The zero-order valence-corrected chi connectivity index (χ0v) is 10.9. The van der Waals surface area contributed by atoms with E-state index in [1.54, 1.807) is 11.3 Å². The van der Waals surface area contributed by atoms with Crippen LogP contribution in [0.5, 0.6) is 0 Å². The lowest BCUT2D eigenvalue weighted by Gasteiger charge is -2.04. The molecule has 0 radical (unpaired) electrons. The molecule has 2 N–H and O–H groups in total. The van der Waals surface area contributed by atoms with Gasteiger partial charge in [-0.15, -0.1) is 0 Å². The standard InChI is InChI=1S/C14H15N3S/c15-9-3-5-11-6-4-10-17(11)14-16-12-7-1-2-8-13(12)18-14/h1-2,4,6-8,10H,3,5,9,15H2. The molecule has 3 aromatic rings. The minimum atomic E-state index is 0.727. The van der Waals surface area contributed by atoms with E-state index in [1.807, 2.05) is 6.07 Å². The van der Waals surface area contributed by atoms with Crippen LogP contribution in [0.4, 0.5) is 0 Å². The van der Waals surface area contributed by atoms with Crippen LogP contribution in [0.2, 0.25) is 0 Å². The third-order valence-electron chi connectivity index (χ3n) is 2.96. The normalized spacial score (nSPS) is 11.2. The number of hydrogen-bond acceptors (Lipinski definition) is 3. The SMILES string of the molecule is NCCCc1cccn1-c1nc2ccccc2s1. The van der Waals surface area contributed by atoms with E-state index < -0.39 is 0 Å². The Hall–Kier alpha value is -1.65. The molecule has 3 rings (SSSR count). The highest BCUT2D eigenvalue weighted by molar-refractivity contribution is 7.20. The maximum atomic E-state index is 5.57. The van der Waals surface area contributed by atoms with Crippen LogP contribution >= 0.6 is 11.3 Å². The number of rotatable bonds is 4. The summed E-state index contributed by atoms with van der Waals surface area (Å²) in [5, 5.41) is 1.04. The zero-order valence-electron chi connectivity index (χ0n) is 10.0. The third kappa shape index (κ3) is 2.05. The Morgan fingerprint density at radius 1 is 1.17 bits per heavy atom. The van der Waals surface area contributed by atoms with Crippen molar-refractivity contribution in [1.29, 1.82) is 0 Å². The number of para-hydroxylation sites is 1. The minimum absolute atomic E-state index is 0.727. The molecule has 0 spiro atoms. The summed E-state index contributed by atoms with van der Waals surface area (Å²) < 4.78 is 3.39. The molecule has 0 aliphatic heterocycles. The lowest BCUT2D eigenvalue weighted by molar-refractivity contribution is 0.788. The molecule has 0 saturated heterocycles. The fourth-order valence-corrected chi connectivity index (χ4v) is 3.03. The van der Waals surface area contributed by atoms with Gasteiger partial charge in [-0.05, 0) is 43.7 Å². The molecule has 0 aliphatic carbocycles. The average molecular weight is 257 g/mol. The van der Waals surface area contributed by atoms with Crippen molar-refractivity contribution in [1.82, 2.24) is 9.55 Å². The Morgan fingerprint density at radius 3 is 2.89 bits per heavy atom. The molecule has 0 amide bonds. The minimum Gasteiger partial charge on any atom is -0.330 e. The second-order valence-electron chi connectivity index (χ2n) is 4.23. The van der Waals surface area contributed by atoms with Gasteiger partial charge in [-0.1, -0.05) is 23.5 Å². The number of fused-ring (bicyclic) bond motifs is 1. The van der Waals surface area contributed by atoms with Gasteiger partial charge in [0.1, 0.15) is 0 Å². The number of thiazole rings is 1. The van der Waals surface area contributed by atoms with Gasteiger partial charge in [-0.3, -0.25) is 4.57 Å². The van der Waals surface area contributed by atoms with Crippen molar-refractivity contribution < 1.29 is 0 Å². The summed E-state index contributed by atoms with van der Waals surface area (Å²) in [4.78, 5) is 4.67. The summed E-state index contributed by atoms with van der Waals surface area (Å²) in [5.41, 5.74) is 7.92. The van der Waals surface area contributed by atoms with Crippen molar-refractivity contribution in [3.05, 3.63) is 48.3 Å². The smallest absolute Gasteiger partial charge is 0.194 e. The molecule has 92 valence electrons.